The quantitative estimate of drug-likeness (QED) is 0.747. The summed E-state index contributed by atoms with van der Waals surface area (Å²) in [5.41, 5.74) is 0.464. The Morgan fingerprint density at radius 1 is 1.36 bits per heavy atom. The van der Waals surface area contributed by atoms with Crippen LogP contribution in [0.2, 0.25) is 0 Å². The Balaban J connectivity index is 2.49. The lowest BCUT2D eigenvalue weighted by molar-refractivity contribution is 0.0944. The Kier molecular flexibility index (Phi) is 3.96. The fraction of sp³-hybridized carbons (Fsp3) is 1.00. The smallest absolute Gasteiger partial charge is 0.0193 e. The molecule has 0 aromatic carbocycles. The molecule has 84 valence electrons. The maximum Gasteiger partial charge on any atom is 0.0193 e. The van der Waals surface area contributed by atoms with E-state index in [4.69, 9.17) is 0 Å². The number of hydrogen-bond acceptors (Lipinski definition) is 2. The Morgan fingerprint density at radius 3 is 2.57 bits per heavy atom. The van der Waals surface area contributed by atoms with Crippen LogP contribution in [-0.2, 0) is 0 Å². The minimum absolute atomic E-state index is 0.464. The van der Waals surface area contributed by atoms with Crippen LogP contribution in [0.5, 0.6) is 0 Å². The van der Waals surface area contributed by atoms with Gasteiger partial charge >= 0.3 is 0 Å². The van der Waals surface area contributed by atoms with Crippen LogP contribution >= 0.6 is 0 Å². The Morgan fingerprint density at radius 2 is 2.00 bits per heavy atom. The van der Waals surface area contributed by atoms with Crippen LogP contribution < -0.4 is 5.32 Å². The van der Waals surface area contributed by atoms with Crippen molar-refractivity contribution in [3.05, 3.63) is 0 Å². The third-order valence-corrected chi connectivity index (χ3v) is 3.48. The van der Waals surface area contributed by atoms with Crippen LogP contribution in [0.1, 0.15) is 41.0 Å². The first-order valence-electron chi connectivity index (χ1n) is 5.92. The molecule has 1 heterocycles. The van der Waals surface area contributed by atoms with Crippen molar-refractivity contribution in [1.29, 1.82) is 0 Å². The summed E-state index contributed by atoms with van der Waals surface area (Å²) in [7, 11) is 0. The zero-order chi connectivity index (χ0) is 10.8. The summed E-state index contributed by atoms with van der Waals surface area (Å²) < 4.78 is 0. The molecule has 1 N–H and O–H groups in total. The normalized spacial score (nSPS) is 30.6. The van der Waals surface area contributed by atoms with Gasteiger partial charge in [-0.2, -0.15) is 0 Å². The molecular weight excluding hydrogens is 172 g/mol. The molecule has 2 unspecified atom stereocenters. The molecule has 1 rings (SSSR count). The molecule has 2 atom stereocenters. The molecular formula is C12H26N2. The van der Waals surface area contributed by atoms with E-state index in [-0.39, 0.29) is 0 Å². The van der Waals surface area contributed by atoms with Crippen molar-refractivity contribution in [3.63, 3.8) is 0 Å². The fourth-order valence-electron chi connectivity index (χ4n) is 1.98. The van der Waals surface area contributed by atoms with Crippen molar-refractivity contribution in [2.45, 2.75) is 53.1 Å². The largest absolute Gasteiger partial charge is 0.311 e. The standard InChI is InChI=1S/C12H26N2/c1-6-12(4,5)9-14-8-10(2)13-7-11(14)3/h10-11,13H,6-9H2,1-5H3. The highest BCUT2D eigenvalue weighted by atomic mass is 15.2. The maximum absolute atomic E-state index is 3.52. The number of nitrogens with one attached hydrogen (secondary N) is 1. The second-order valence-electron chi connectivity index (χ2n) is 5.61. The van der Waals surface area contributed by atoms with Gasteiger partial charge in [-0.3, -0.25) is 4.90 Å². The molecule has 1 aliphatic rings. The van der Waals surface area contributed by atoms with E-state index in [1.54, 1.807) is 0 Å². The highest BCUT2D eigenvalue weighted by molar-refractivity contribution is 4.84. The van der Waals surface area contributed by atoms with E-state index in [0.29, 0.717) is 17.5 Å². The predicted molar refractivity (Wildman–Crippen MR) is 62.6 cm³/mol. The topological polar surface area (TPSA) is 15.3 Å². The first-order valence-corrected chi connectivity index (χ1v) is 5.92. The van der Waals surface area contributed by atoms with Gasteiger partial charge in [-0.1, -0.05) is 20.8 Å². The van der Waals surface area contributed by atoms with Gasteiger partial charge in [0, 0.05) is 31.7 Å². The molecule has 14 heavy (non-hydrogen) atoms. The van der Waals surface area contributed by atoms with Gasteiger partial charge in [0.2, 0.25) is 0 Å². The van der Waals surface area contributed by atoms with Crippen molar-refractivity contribution >= 4 is 0 Å². The molecule has 2 heteroatoms. The summed E-state index contributed by atoms with van der Waals surface area (Å²) in [6.45, 7) is 15.2. The Bertz CT molecular complexity index is 177. The molecule has 0 amide bonds. The lowest BCUT2D eigenvalue weighted by Crippen LogP contribution is -2.56. The van der Waals surface area contributed by atoms with Gasteiger partial charge in [0.05, 0.1) is 0 Å². The third kappa shape index (κ3) is 3.25. The van der Waals surface area contributed by atoms with Crippen molar-refractivity contribution in [2.75, 3.05) is 19.6 Å². The molecule has 0 aliphatic carbocycles. The van der Waals surface area contributed by atoms with Gasteiger partial charge in [-0.25, -0.2) is 0 Å². The van der Waals surface area contributed by atoms with Crippen LogP contribution in [0.3, 0.4) is 0 Å². The van der Waals surface area contributed by atoms with Crippen molar-refractivity contribution in [1.82, 2.24) is 10.2 Å². The summed E-state index contributed by atoms with van der Waals surface area (Å²) in [6.07, 6.45) is 1.26. The molecule has 1 saturated heterocycles. The van der Waals surface area contributed by atoms with Crippen LogP contribution in [0.25, 0.3) is 0 Å². The van der Waals surface area contributed by atoms with E-state index in [1.165, 1.54) is 19.5 Å². The molecule has 0 spiro atoms. The number of nitrogens with zero attached hydrogens (tertiary/aromatic N) is 1. The molecule has 0 saturated carbocycles. The van der Waals surface area contributed by atoms with E-state index in [2.05, 4.69) is 44.8 Å². The third-order valence-electron chi connectivity index (χ3n) is 3.48. The highest BCUT2D eigenvalue weighted by Gasteiger charge is 2.27. The van der Waals surface area contributed by atoms with E-state index >= 15 is 0 Å². The van der Waals surface area contributed by atoms with E-state index in [9.17, 15) is 0 Å². The van der Waals surface area contributed by atoms with Gasteiger partial charge in [0.1, 0.15) is 0 Å². The highest BCUT2D eigenvalue weighted by Crippen LogP contribution is 2.23. The lowest BCUT2D eigenvalue weighted by atomic mass is 9.88. The van der Waals surface area contributed by atoms with Crippen LogP contribution in [-0.4, -0.2) is 36.6 Å². The molecule has 0 radical (unpaired) electrons. The van der Waals surface area contributed by atoms with Gasteiger partial charge in [0.15, 0.2) is 0 Å². The van der Waals surface area contributed by atoms with Crippen LogP contribution in [0, 0.1) is 5.41 Å². The van der Waals surface area contributed by atoms with Crippen molar-refractivity contribution in [2.24, 2.45) is 5.41 Å². The van der Waals surface area contributed by atoms with Crippen molar-refractivity contribution < 1.29 is 0 Å². The monoisotopic (exact) mass is 198 g/mol. The Hall–Kier alpha value is -0.0800. The summed E-state index contributed by atoms with van der Waals surface area (Å²) in [6, 6.07) is 1.34. The molecule has 0 aromatic rings. The number of hydrogen-bond donors (Lipinski definition) is 1. The molecule has 1 fully saturated rings. The summed E-state index contributed by atoms with van der Waals surface area (Å²) in [5, 5.41) is 3.52. The summed E-state index contributed by atoms with van der Waals surface area (Å²) >= 11 is 0. The minimum Gasteiger partial charge on any atom is -0.311 e. The zero-order valence-electron chi connectivity index (χ0n) is 10.4. The minimum atomic E-state index is 0.464. The van der Waals surface area contributed by atoms with Crippen molar-refractivity contribution in [3.8, 4) is 0 Å². The summed E-state index contributed by atoms with van der Waals surface area (Å²) in [5.74, 6) is 0. The molecule has 0 bridgehead atoms. The molecule has 0 aromatic heterocycles. The number of rotatable bonds is 3. The van der Waals surface area contributed by atoms with Crippen LogP contribution in [0.4, 0.5) is 0 Å². The van der Waals surface area contributed by atoms with Gasteiger partial charge < -0.3 is 5.32 Å². The SMILES string of the molecule is CCC(C)(C)CN1CC(C)NCC1C. The lowest BCUT2D eigenvalue weighted by Gasteiger charge is -2.41. The first-order chi connectivity index (χ1) is 6.44. The average Bonchev–Trinajstić information content (AvgIpc) is 2.11. The Labute approximate surface area is 89.1 Å². The van der Waals surface area contributed by atoms with Gasteiger partial charge in [-0.15, -0.1) is 0 Å². The fourth-order valence-corrected chi connectivity index (χ4v) is 1.98. The van der Waals surface area contributed by atoms with E-state index in [0.717, 1.165) is 6.54 Å². The van der Waals surface area contributed by atoms with Gasteiger partial charge in [-0.05, 0) is 25.7 Å². The average molecular weight is 198 g/mol. The maximum atomic E-state index is 3.52. The zero-order valence-corrected chi connectivity index (χ0v) is 10.4. The van der Waals surface area contributed by atoms with Crippen LogP contribution in [0.15, 0.2) is 0 Å². The van der Waals surface area contributed by atoms with Gasteiger partial charge in [0.25, 0.3) is 0 Å². The predicted octanol–water partition coefficient (Wildman–Crippen LogP) is 2.10. The second-order valence-corrected chi connectivity index (χ2v) is 5.61. The first kappa shape index (κ1) is 12.0. The molecule has 1 aliphatic heterocycles. The van der Waals surface area contributed by atoms with E-state index < -0.39 is 0 Å². The van der Waals surface area contributed by atoms with E-state index in [1.807, 2.05) is 0 Å². The second kappa shape index (κ2) is 4.63. The number of piperazine rings is 1. The summed E-state index contributed by atoms with van der Waals surface area (Å²) in [4.78, 5) is 2.63. The molecule has 2 nitrogen and oxygen atoms in total.